The van der Waals surface area contributed by atoms with E-state index in [9.17, 15) is 4.79 Å². The van der Waals surface area contributed by atoms with E-state index in [-0.39, 0.29) is 18.0 Å². The highest BCUT2D eigenvalue weighted by Gasteiger charge is 2.55. The van der Waals surface area contributed by atoms with Crippen molar-refractivity contribution < 1.29 is 9.53 Å². The molecule has 0 radical (unpaired) electrons. The van der Waals surface area contributed by atoms with Gasteiger partial charge in [0, 0.05) is 17.1 Å². The van der Waals surface area contributed by atoms with Crippen LogP contribution in [0.3, 0.4) is 0 Å². The molecular weight excluding hydrogens is 416 g/mol. The number of hydrogen-bond donors (Lipinski definition) is 1. The normalized spacial score (nSPS) is 22.0. The summed E-state index contributed by atoms with van der Waals surface area (Å²) < 4.78 is 5.32. The Labute approximate surface area is 182 Å². The number of H-pyrrole nitrogens is 1. The fourth-order valence-corrected chi connectivity index (χ4v) is 4.79. The van der Waals surface area contributed by atoms with Gasteiger partial charge >= 0.3 is 0 Å². The number of carbonyl (C=O) groups is 1. The minimum absolute atomic E-state index is 0.0807. The maximum absolute atomic E-state index is 13.8. The number of methoxy groups -OCH3 is 1. The molecule has 2 fully saturated rings. The second kappa shape index (κ2) is 6.81. The molecule has 2 aliphatic rings. The topological polar surface area (TPSA) is 88.9 Å². The highest BCUT2D eigenvalue weighted by molar-refractivity contribution is 6.31. The first kappa shape index (κ1) is 18.4. The molecule has 156 valence electrons. The maximum atomic E-state index is 13.8. The molecule has 6 rings (SSSR count). The smallest absolute Gasteiger partial charge is 0.257 e. The van der Waals surface area contributed by atoms with E-state index in [0.29, 0.717) is 22.2 Å². The van der Waals surface area contributed by atoms with Gasteiger partial charge in [-0.25, -0.2) is 4.98 Å². The first-order valence-electron chi connectivity index (χ1n) is 10.1. The summed E-state index contributed by atoms with van der Waals surface area (Å²) in [4.78, 5) is 25.4. The van der Waals surface area contributed by atoms with E-state index >= 15 is 0 Å². The molecule has 1 N–H and O–H groups in total. The molecule has 4 aromatic rings. The number of halogens is 1. The molecule has 1 aliphatic carbocycles. The quantitative estimate of drug-likeness (QED) is 0.528. The van der Waals surface area contributed by atoms with Crippen LogP contribution in [-0.2, 0) is 0 Å². The minimum Gasteiger partial charge on any atom is -0.497 e. The number of fused-ring (bicyclic) bond motifs is 2. The van der Waals surface area contributed by atoms with Crippen LogP contribution in [-0.4, -0.2) is 48.9 Å². The third-order valence-corrected chi connectivity index (χ3v) is 6.42. The Hall–Kier alpha value is -3.39. The SMILES string of the molecule is COc1ccc2nc([C@@H]3C[C@H]4C[C@H]4N3C(=O)c3cc(Cl)ccc3-n3nccn3)[nH]c2c1. The molecule has 3 heterocycles. The van der Waals surface area contributed by atoms with Gasteiger partial charge in [0.25, 0.3) is 5.91 Å². The Kier molecular flexibility index (Phi) is 4.04. The first-order chi connectivity index (χ1) is 15.1. The number of amides is 1. The summed E-state index contributed by atoms with van der Waals surface area (Å²) in [6.07, 6.45) is 5.08. The fourth-order valence-electron chi connectivity index (χ4n) is 4.62. The van der Waals surface area contributed by atoms with E-state index in [1.54, 1.807) is 37.7 Å². The van der Waals surface area contributed by atoms with Crippen molar-refractivity contribution in [3.05, 3.63) is 65.2 Å². The van der Waals surface area contributed by atoms with Gasteiger partial charge in [0.2, 0.25) is 0 Å². The number of hydrogen-bond acceptors (Lipinski definition) is 5. The van der Waals surface area contributed by atoms with E-state index < -0.39 is 0 Å². The molecule has 9 heteroatoms. The largest absolute Gasteiger partial charge is 0.497 e. The van der Waals surface area contributed by atoms with Crippen molar-refractivity contribution >= 4 is 28.5 Å². The van der Waals surface area contributed by atoms with Crippen molar-refractivity contribution in [2.75, 3.05) is 7.11 Å². The van der Waals surface area contributed by atoms with Crippen LogP contribution >= 0.6 is 11.6 Å². The predicted molar refractivity (Wildman–Crippen MR) is 114 cm³/mol. The number of likely N-dealkylation sites (tertiary alicyclic amines) is 1. The molecule has 31 heavy (non-hydrogen) atoms. The lowest BCUT2D eigenvalue weighted by atomic mass is 10.1. The van der Waals surface area contributed by atoms with Crippen LogP contribution in [0.15, 0.2) is 48.8 Å². The van der Waals surface area contributed by atoms with Crippen LogP contribution in [0.2, 0.25) is 5.02 Å². The number of carbonyl (C=O) groups excluding carboxylic acids is 1. The monoisotopic (exact) mass is 434 g/mol. The summed E-state index contributed by atoms with van der Waals surface area (Å²) in [5.74, 6) is 1.98. The van der Waals surface area contributed by atoms with E-state index in [0.717, 1.165) is 35.4 Å². The van der Waals surface area contributed by atoms with Gasteiger partial charge in [-0.15, -0.1) is 0 Å². The highest BCUT2D eigenvalue weighted by atomic mass is 35.5. The lowest BCUT2D eigenvalue weighted by Gasteiger charge is -2.27. The average molecular weight is 435 g/mol. The van der Waals surface area contributed by atoms with Crippen LogP contribution in [0.25, 0.3) is 16.7 Å². The van der Waals surface area contributed by atoms with Crippen molar-refractivity contribution in [1.29, 1.82) is 0 Å². The molecule has 2 aromatic heterocycles. The third-order valence-electron chi connectivity index (χ3n) is 6.19. The van der Waals surface area contributed by atoms with Crippen molar-refractivity contribution in [3.8, 4) is 11.4 Å². The van der Waals surface area contributed by atoms with E-state index in [1.807, 2.05) is 23.1 Å². The van der Waals surface area contributed by atoms with Crippen molar-refractivity contribution in [1.82, 2.24) is 29.9 Å². The van der Waals surface area contributed by atoms with Gasteiger partial charge in [-0.05, 0) is 49.1 Å². The molecule has 1 aliphatic heterocycles. The summed E-state index contributed by atoms with van der Waals surface area (Å²) in [6.45, 7) is 0. The molecule has 0 spiro atoms. The Morgan fingerprint density at radius 3 is 2.81 bits per heavy atom. The van der Waals surface area contributed by atoms with Gasteiger partial charge in [0.15, 0.2) is 0 Å². The summed E-state index contributed by atoms with van der Waals surface area (Å²) >= 11 is 6.26. The number of piperidine rings is 1. The molecule has 1 amide bonds. The number of imidazole rings is 1. The van der Waals surface area contributed by atoms with Gasteiger partial charge in [0.1, 0.15) is 11.6 Å². The van der Waals surface area contributed by atoms with E-state index in [1.165, 1.54) is 4.80 Å². The van der Waals surface area contributed by atoms with Gasteiger partial charge in [0.05, 0.1) is 47.8 Å². The Morgan fingerprint density at radius 2 is 2.00 bits per heavy atom. The number of nitrogens with zero attached hydrogens (tertiary/aromatic N) is 5. The molecule has 3 atom stereocenters. The Morgan fingerprint density at radius 1 is 1.16 bits per heavy atom. The van der Waals surface area contributed by atoms with Crippen LogP contribution in [0, 0.1) is 5.92 Å². The Bertz CT molecular complexity index is 1300. The number of rotatable bonds is 4. The van der Waals surface area contributed by atoms with Gasteiger partial charge < -0.3 is 14.6 Å². The molecule has 2 aromatic carbocycles. The predicted octanol–water partition coefficient (Wildman–Crippen LogP) is 3.78. The van der Waals surface area contributed by atoms with Gasteiger partial charge in [-0.1, -0.05) is 11.6 Å². The molecule has 8 nitrogen and oxygen atoms in total. The number of aromatic amines is 1. The van der Waals surface area contributed by atoms with E-state index in [4.69, 9.17) is 21.3 Å². The summed E-state index contributed by atoms with van der Waals surface area (Å²) in [5, 5.41) is 8.90. The lowest BCUT2D eigenvalue weighted by Crippen LogP contribution is -2.35. The van der Waals surface area contributed by atoms with Crippen molar-refractivity contribution in [2.24, 2.45) is 5.92 Å². The van der Waals surface area contributed by atoms with Gasteiger partial charge in [-0.2, -0.15) is 15.0 Å². The zero-order chi connectivity index (χ0) is 21.1. The maximum Gasteiger partial charge on any atom is 0.257 e. The third kappa shape index (κ3) is 2.97. The molecule has 0 unspecified atom stereocenters. The van der Waals surface area contributed by atoms with Crippen LogP contribution in [0.1, 0.15) is 35.1 Å². The number of benzene rings is 2. The Balaban J connectivity index is 1.40. The van der Waals surface area contributed by atoms with E-state index in [2.05, 4.69) is 15.2 Å². The van der Waals surface area contributed by atoms with Gasteiger partial charge in [-0.3, -0.25) is 4.79 Å². The number of nitrogens with one attached hydrogen (secondary N) is 1. The average Bonchev–Trinajstić information content (AvgIpc) is 3.19. The molecule has 0 bridgehead atoms. The zero-order valence-electron chi connectivity index (χ0n) is 16.7. The summed E-state index contributed by atoms with van der Waals surface area (Å²) in [6, 6.07) is 11.0. The zero-order valence-corrected chi connectivity index (χ0v) is 17.5. The first-order valence-corrected chi connectivity index (χ1v) is 10.5. The fraction of sp³-hybridized carbons (Fsp3) is 0.273. The molecule has 1 saturated carbocycles. The standard InChI is InChI=1S/C22H19ClN6O2/c1-31-14-3-4-16-17(11-14)27-21(26-16)20-9-12-8-19(12)28(20)22(30)15-10-13(23)2-5-18(15)29-24-6-7-25-29/h2-7,10-12,19-20H,8-9H2,1H3,(H,26,27)/t12-,19-,20+/m1/s1. The lowest BCUT2D eigenvalue weighted by molar-refractivity contribution is 0.0692. The van der Waals surface area contributed by atoms with Crippen molar-refractivity contribution in [2.45, 2.75) is 24.9 Å². The minimum atomic E-state index is -0.118. The summed E-state index contributed by atoms with van der Waals surface area (Å²) in [7, 11) is 1.64. The second-order valence-corrected chi connectivity index (χ2v) is 8.45. The van der Waals surface area contributed by atoms with Crippen molar-refractivity contribution in [3.63, 3.8) is 0 Å². The van der Waals surface area contributed by atoms with Crippen LogP contribution in [0.5, 0.6) is 5.75 Å². The highest BCUT2D eigenvalue weighted by Crippen LogP contribution is 2.53. The molecule has 1 saturated heterocycles. The second-order valence-electron chi connectivity index (χ2n) is 8.01. The molecular formula is C22H19ClN6O2. The number of aromatic nitrogens is 5. The summed E-state index contributed by atoms with van der Waals surface area (Å²) in [5.41, 5.74) is 2.84. The van der Waals surface area contributed by atoms with Crippen LogP contribution < -0.4 is 4.74 Å². The number of ether oxygens (including phenoxy) is 1. The van der Waals surface area contributed by atoms with Crippen LogP contribution in [0.4, 0.5) is 0 Å².